The van der Waals surface area contributed by atoms with Gasteiger partial charge < -0.3 is 10.6 Å². The Morgan fingerprint density at radius 2 is 1.45 bits per heavy atom. The van der Waals surface area contributed by atoms with E-state index in [1.807, 2.05) is 24.3 Å². The maximum Gasteiger partial charge on any atom is 0.0441 e. The van der Waals surface area contributed by atoms with Gasteiger partial charge in [-0.15, -0.1) is 0 Å². The van der Waals surface area contributed by atoms with Crippen molar-refractivity contribution in [3.8, 4) is 0 Å². The van der Waals surface area contributed by atoms with E-state index in [4.69, 9.17) is 28.9 Å². The summed E-state index contributed by atoms with van der Waals surface area (Å²) < 4.78 is 2.37. The van der Waals surface area contributed by atoms with Crippen LogP contribution < -0.4 is 10.6 Å². The maximum atomic E-state index is 6.08. The van der Waals surface area contributed by atoms with E-state index in [9.17, 15) is 0 Å². The highest BCUT2D eigenvalue weighted by Gasteiger charge is 2.18. The van der Waals surface area contributed by atoms with Crippen molar-refractivity contribution in [3.05, 3.63) is 52.5 Å². The number of nitrogen functional groups attached to an aromatic ring is 1. The molecule has 1 heterocycles. The van der Waals surface area contributed by atoms with Gasteiger partial charge in [-0.25, -0.2) is 4.31 Å². The van der Waals surface area contributed by atoms with Crippen molar-refractivity contribution in [2.45, 2.75) is 4.90 Å². The molecule has 0 bridgehead atoms. The zero-order valence-electron chi connectivity index (χ0n) is 12.0. The molecule has 0 spiro atoms. The average Bonchev–Trinajstić information content (AvgIpc) is 2.49. The van der Waals surface area contributed by atoms with E-state index in [1.165, 1.54) is 4.90 Å². The fourth-order valence-corrected chi connectivity index (χ4v) is 3.85. The van der Waals surface area contributed by atoms with Gasteiger partial charge in [0.25, 0.3) is 0 Å². The molecule has 0 atom stereocenters. The van der Waals surface area contributed by atoms with Crippen molar-refractivity contribution < 1.29 is 0 Å². The van der Waals surface area contributed by atoms with E-state index in [0.29, 0.717) is 10.0 Å². The van der Waals surface area contributed by atoms with Crippen LogP contribution in [0.1, 0.15) is 0 Å². The molecule has 1 fully saturated rings. The van der Waals surface area contributed by atoms with Crippen molar-refractivity contribution in [1.29, 1.82) is 0 Å². The van der Waals surface area contributed by atoms with Gasteiger partial charge in [0.15, 0.2) is 0 Å². The molecule has 22 heavy (non-hydrogen) atoms. The minimum absolute atomic E-state index is 0.682. The molecule has 2 aromatic carbocycles. The topological polar surface area (TPSA) is 32.5 Å². The van der Waals surface area contributed by atoms with Crippen molar-refractivity contribution in [3.63, 3.8) is 0 Å². The van der Waals surface area contributed by atoms with Crippen LogP contribution in [0, 0.1) is 0 Å². The zero-order chi connectivity index (χ0) is 15.5. The third-order valence-corrected chi connectivity index (χ3v) is 5.11. The molecule has 0 aromatic heterocycles. The molecule has 2 aromatic rings. The van der Waals surface area contributed by atoms with Crippen LogP contribution >= 0.6 is 35.1 Å². The minimum atomic E-state index is 0.682. The molecule has 1 saturated heterocycles. The van der Waals surface area contributed by atoms with Crippen molar-refractivity contribution in [1.82, 2.24) is 4.31 Å². The van der Waals surface area contributed by atoms with Crippen LogP contribution in [-0.2, 0) is 0 Å². The quantitative estimate of drug-likeness (QED) is 0.654. The van der Waals surface area contributed by atoms with Crippen LogP contribution in [0.15, 0.2) is 47.4 Å². The van der Waals surface area contributed by atoms with E-state index in [0.717, 1.165) is 37.6 Å². The fraction of sp³-hybridized carbons (Fsp3) is 0.250. The fourth-order valence-electron chi connectivity index (χ4n) is 2.44. The van der Waals surface area contributed by atoms with E-state index >= 15 is 0 Å². The smallest absolute Gasteiger partial charge is 0.0441 e. The second-order valence-corrected chi connectivity index (χ2v) is 7.25. The Balaban J connectivity index is 1.59. The normalized spacial score (nSPS) is 16.0. The monoisotopic (exact) mass is 353 g/mol. The molecule has 3 rings (SSSR count). The largest absolute Gasteiger partial charge is 0.399 e. The van der Waals surface area contributed by atoms with Crippen LogP contribution in [0.3, 0.4) is 0 Å². The van der Waals surface area contributed by atoms with Gasteiger partial charge in [-0.1, -0.05) is 23.2 Å². The van der Waals surface area contributed by atoms with Gasteiger partial charge >= 0.3 is 0 Å². The van der Waals surface area contributed by atoms with Gasteiger partial charge in [0.2, 0.25) is 0 Å². The van der Waals surface area contributed by atoms with Crippen molar-refractivity contribution >= 4 is 46.5 Å². The van der Waals surface area contributed by atoms with E-state index in [-0.39, 0.29) is 0 Å². The molecule has 3 nitrogen and oxygen atoms in total. The molecule has 6 heteroatoms. The van der Waals surface area contributed by atoms with E-state index in [1.54, 1.807) is 18.0 Å². The second kappa shape index (κ2) is 7.01. The molecule has 2 N–H and O–H groups in total. The number of rotatable bonds is 3. The molecule has 0 amide bonds. The lowest BCUT2D eigenvalue weighted by Crippen LogP contribution is -2.43. The van der Waals surface area contributed by atoms with Crippen LogP contribution in [0.5, 0.6) is 0 Å². The molecular formula is C16H17Cl2N3S. The first-order valence-electron chi connectivity index (χ1n) is 7.10. The Kier molecular flexibility index (Phi) is 5.03. The third kappa shape index (κ3) is 4.02. The van der Waals surface area contributed by atoms with E-state index in [2.05, 4.69) is 21.3 Å². The number of benzene rings is 2. The number of hydrogen-bond acceptors (Lipinski definition) is 4. The van der Waals surface area contributed by atoms with Crippen LogP contribution in [0.4, 0.5) is 11.4 Å². The van der Waals surface area contributed by atoms with Crippen LogP contribution in [0.2, 0.25) is 10.0 Å². The molecule has 0 radical (unpaired) electrons. The summed E-state index contributed by atoms with van der Waals surface area (Å²) >= 11 is 13.9. The standard InChI is InChI=1S/C16H17Cl2N3S/c17-12-9-13(18)11-15(10-12)20-5-7-21(8-6-20)22-16-3-1-14(19)2-4-16/h1-4,9-11H,5-8,19H2. The SMILES string of the molecule is Nc1ccc(SN2CCN(c3cc(Cl)cc(Cl)c3)CC2)cc1. The van der Waals surface area contributed by atoms with E-state index < -0.39 is 0 Å². The number of anilines is 2. The zero-order valence-corrected chi connectivity index (χ0v) is 14.3. The highest BCUT2D eigenvalue weighted by atomic mass is 35.5. The number of halogens is 2. The minimum Gasteiger partial charge on any atom is -0.399 e. The Hall–Kier alpha value is -1.07. The molecule has 116 valence electrons. The van der Waals surface area contributed by atoms with Crippen LogP contribution in [0.25, 0.3) is 0 Å². The molecule has 1 aliphatic rings. The lowest BCUT2D eigenvalue weighted by Gasteiger charge is -2.35. The Morgan fingerprint density at radius 3 is 2.05 bits per heavy atom. The first-order valence-corrected chi connectivity index (χ1v) is 8.62. The molecule has 0 unspecified atom stereocenters. The van der Waals surface area contributed by atoms with Gasteiger partial charge in [-0.05, 0) is 54.4 Å². The van der Waals surface area contributed by atoms with Gasteiger partial charge in [-0.3, -0.25) is 0 Å². The van der Waals surface area contributed by atoms with Crippen LogP contribution in [-0.4, -0.2) is 30.5 Å². The Labute approximate surface area is 145 Å². The Morgan fingerprint density at radius 1 is 0.864 bits per heavy atom. The lowest BCUT2D eigenvalue weighted by molar-refractivity contribution is 0.429. The number of nitrogens with two attached hydrogens (primary N) is 1. The van der Waals surface area contributed by atoms with Gasteiger partial charge in [0.05, 0.1) is 0 Å². The summed E-state index contributed by atoms with van der Waals surface area (Å²) in [5.41, 5.74) is 7.61. The summed E-state index contributed by atoms with van der Waals surface area (Å²) in [5, 5.41) is 1.36. The predicted molar refractivity (Wildman–Crippen MR) is 97.0 cm³/mol. The Bertz CT molecular complexity index is 620. The van der Waals surface area contributed by atoms with Crippen molar-refractivity contribution in [2.75, 3.05) is 36.8 Å². The summed E-state index contributed by atoms with van der Waals surface area (Å²) in [5.74, 6) is 0. The van der Waals surface area contributed by atoms with Crippen molar-refractivity contribution in [2.24, 2.45) is 0 Å². The second-order valence-electron chi connectivity index (χ2n) is 5.20. The summed E-state index contributed by atoms with van der Waals surface area (Å²) in [6, 6.07) is 13.7. The summed E-state index contributed by atoms with van der Waals surface area (Å²) in [6.07, 6.45) is 0. The summed E-state index contributed by atoms with van der Waals surface area (Å²) in [4.78, 5) is 3.53. The highest BCUT2D eigenvalue weighted by molar-refractivity contribution is 7.97. The first kappa shape index (κ1) is 15.8. The number of piperazine rings is 1. The average molecular weight is 354 g/mol. The lowest BCUT2D eigenvalue weighted by atomic mass is 10.2. The summed E-state index contributed by atoms with van der Waals surface area (Å²) in [6.45, 7) is 3.88. The highest BCUT2D eigenvalue weighted by Crippen LogP contribution is 2.29. The number of nitrogens with zero attached hydrogens (tertiary/aromatic N) is 2. The van der Waals surface area contributed by atoms with Gasteiger partial charge in [0, 0.05) is 52.5 Å². The predicted octanol–water partition coefficient (Wildman–Crippen LogP) is 4.40. The van der Waals surface area contributed by atoms with Gasteiger partial charge in [-0.2, -0.15) is 0 Å². The third-order valence-electron chi connectivity index (χ3n) is 3.57. The molecule has 0 saturated carbocycles. The van der Waals surface area contributed by atoms with Gasteiger partial charge in [0.1, 0.15) is 0 Å². The number of hydrogen-bond donors (Lipinski definition) is 1. The first-order chi connectivity index (χ1) is 10.6. The molecular weight excluding hydrogens is 337 g/mol. The maximum absolute atomic E-state index is 6.08. The molecule has 0 aliphatic carbocycles. The molecule has 1 aliphatic heterocycles. The summed E-state index contributed by atoms with van der Waals surface area (Å²) in [7, 11) is 0.